The number of halogens is 2. The lowest BCUT2D eigenvalue weighted by Gasteiger charge is -2.38. The molecule has 442 valence electrons. The number of methoxy groups -OCH3 is 1. The first-order chi connectivity index (χ1) is 38.0. The van der Waals surface area contributed by atoms with Gasteiger partial charge in [0.05, 0.1) is 58.8 Å². The molecule has 3 aromatic carbocycles. The summed E-state index contributed by atoms with van der Waals surface area (Å²) in [6.07, 6.45) is 3.82. The Morgan fingerprint density at radius 2 is 1.62 bits per heavy atom. The number of fused-ring (bicyclic) bond motifs is 1. The molecule has 2 amide bonds. The number of benzene rings is 3. The number of carbonyl (C=O) groups excluding carboxylic acids is 4. The van der Waals surface area contributed by atoms with Crippen LogP contribution in [-0.2, 0) is 28.6 Å². The van der Waals surface area contributed by atoms with E-state index < -0.39 is 117 Å². The minimum absolute atomic E-state index is 0.0538. The summed E-state index contributed by atoms with van der Waals surface area (Å²) in [6, 6.07) is 4.05. The number of phenols is 2. The number of amides is 2. The monoisotopic (exact) mass is 1170 g/mol. The molecule has 4 aliphatic heterocycles. The molecule has 81 heavy (non-hydrogen) atoms. The lowest BCUT2D eigenvalue weighted by atomic mass is 9.78. The summed E-state index contributed by atoms with van der Waals surface area (Å²) >= 11 is 10.7. The smallest absolute Gasteiger partial charge is 0.312 e. The number of hydrogen-bond donors (Lipinski definition) is 8. The molecule has 1 spiro atoms. The Morgan fingerprint density at radius 1 is 0.975 bits per heavy atom. The van der Waals surface area contributed by atoms with Gasteiger partial charge < -0.3 is 65.1 Å². The van der Waals surface area contributed by atoms with E-state index in [4.69, 9.17) is 52.2 Å². The van der Waals surface area contributed by atoms with Crippen LogP contribution in [0, 0.1) is 46.6 Å². The summed E-state index contributed by atoms with van der Waals surface area (Å²) in [6.45, 7) is 19.0. The topological polar surface area (TPSA) is 322 Å². The molecular formula is C57H74Cl2N6O16. The molecule has 7 rings (SSSR count). The number of piperidine rings is 1. The lowest BCUT2D eigenvalue weighted by Crippen LogP contribution is -2.47. The van der Waals surface area contributed by atoms with Crippen molar-refractivity contribution in [2.24, 2.45) is 39.6 Å². The summed E-state index contributed by atoms with van der Waals surface area (Å²) in [5.74, 6) is -7.32. The van der Waals surface area contributed by atoms with E-state index >= 15 is 0 Å². The van der Waals surface area contributed by atoms with Crippen molar-refractivity contribution < 1.29 is 73.7 Å². The number of aliphatic hydroxyl groups is 4. The molecule has 8 N–H and O–H groups in total. The van der Waals surface area contributed by atoms with Crippen LogP contribution in [0.1, 0.15) is 103 Å². The van der Waals surface area contributed by atoms with Gasteiger partial charge in [-0.2, -0.15) is 0 Å². The van der Waals surface area contributed by atoms with E-state index in [9.17, 15) is 54.8 Å². The highest BCUT2D eigenvalue weighted by Gasteiger charge is 2.51. The van der Waals surface area contributed by atoms with Gasteiger partial charge in [0.2, 0.25) is 0 Å². The number of nitrogens with zero attached hydrogens (tertiary/aromatic N) is 4. The molecule has 4 aliphatic rings. The molecule has 0 saturated carbocycles. The maximum atomic E-state index is 14.7. The fourth-order valence-corrected chi connectivity index (χ4v) is 10.9. The second kappa shape index (κ2) is 26.3. The number of likely N-dealkylation sites (tertiary alicyclic amines) is 1. The number of allylic oxidation sites excluding steroid dienone is 2. The Labute approximate surface area is 479 Å². The maximum Gasteiger partial charge on any atom is 0.312 e. The molecule has 4 bridgehead atoms. The van der Waals surface area contributed by atoms with Crippen LogP contribution in [0.4, 0.5) is 11.4 Å². The Kier molecular flexibility index (Phi) is 20.8. The molecule has 4 heterocycles. The minimum Gasteiger partial charge on any atom is -0.507 e. The zero-order chi connectivity index (χ0) is 60.2. The predicted octanol–water partition coefficient (Wildman–Crippen LogP) is 5.66. The van der Waals surface area contributed by atoms with Crippen molar-refractivity contribution in [3.8, 4) is 17.2 Å². The molecule has 0 radical (unpaired) electrons. The average molecular weight is 1170 g/mol. The van der Waals surface area contributed by atoms with Crippen LogP contribution in [0.15, 0.2) is 70.4 Å². The number of carbonyl (C=O) groups is 4. The average Bonchev–Trinajstić information content (AvgIpc) is 3.43. The molecule has 24 heteroatoms. The van der Waals surface area contributed by atoms with E-state index in [1.54, 1.807) is 65.8 Å². The van der Waals surface area contributed by atoms with Crippen molar-refractivity contribution >= 4 is 68.9 Å². The van der Waals surface area contributed by atoms with E-state index in [0.717, 1.165) is 19.6 Å². The number of hydrogen-bond acceptors (Lipinski definition) is 19. The molecule has 0 aromatic heterocycles. The summed E-state index contributed by atoms with van der Waals surface area (Å²) in [7, 11) is 1.47. The number of Topliss-reactive ketones (excluding diaryl/α,β-unsaturated/α-hetero) is 1. The third-order valence-electron chi connectivity index (χ3n) is 15.5. The van der Waals surface area contributed by atoms with Crippen molar-refractivity contribution in [3.05, 3.63) is 97.9 Å². The van der Waals surface area contributed by atoms with E-state index in [-0.39, 0.29) is 55.4 Å². The van der Waals surface area contributed by atoms with Gasteiger partial charge in [-0.15, -0.1) is 0 Å². The Balaban J connectivity index is 0.000000446. The van der Waals surface area contributed by atoms with Crippen molar-refractivity contribution in [1.82, 2.24) is 10.2 Å². The van der Waals surface area contributed by atoms with Crippen LogP contribution in [0.2, 0.25) is 0 Å². The summed E-state index contributed by atoms with van der Waals surface area (Å²) in [5, 5.41) is 82.5. The number of nitro benzene ring substituents is 1. The molecule has 3 aromatic rings. The molecule has 0 aliphatic carbocycles. The van der Waals surface area contributed by atoms with Gasteiger partial charge in [0.25, 0.3) is 23.3 Å². The maximum absolute atomic E-state index is 14.7. The molecule has 1 saturated heterocycles. The number of nitrogens with one attached hydrogen (secondary N) is 2. The Hall–Kier alpha value is -6.24. The van der Waals surface area contributed by atoms with Gasteiger partial charge in [-0.25, -0.2) is 4.99 Å². The molecule has 0 unspecified atom stereocenters. The van der Waals surface area contributed by atoms with Crippen molar-refractivity contribution in [2.75, 3.05) is 38.7 Å². The fraction of sp³-hybridized carbons (Fsp3) is 0.544. The number of esters is 1. The van der Waals surface area contributed by atoms with Gasteiger partial charge in [0, 0.05) is 106 Å². The van der Waals surface area contributed by atoms with Gasteiger partial charge in [-0.3, -0.25) is 34.3 Å². The van der Waals surface area contributed by atoms with E-state index in [1.807, 2.05) is 0 Å². The van der Waals surface area contributed by atoms with Crippen LogP contribution >= 0.6 is 23.2 Å². The Bertz CT molecular complexity index is 3090. The van der Waals surface area contributed by atoms with Crippen LogP contribution < -0.4 is 26.1 Å². The van der Waals surface area contributed by atoms with Crippen LogP contribution in [0.3, 0.4) is 0 Å². The number of aromatic hydroxyl groups is 2. The summed E-state index contributed by atoms with van der Waals surface area (Å²) in [4.78, 5) is 72.8. The van der Waals surface area contributed by atoms with Gasteiger partial charge in [-0.1, -0.05) is 83.0 Å². The molecule has 11 atom stereocenters. The number of alkyl halides is 2. The van der Waals surface area contributed by atoms with E-state index in [2.05, 4.69) is 34.4 Å². The number of anilines is 1. The highest BCUT2D eigenvalue weighted by atomic mass is 35.5. The van der Waals surface area contributed by atoms with Crippen LogP contribution in [0.5, 0.6) is 17.2 Å². The van der Waals surface area contributed by atoms with Crippen molar-refractivity contribution in [1.29, 1.82) is 0 Å². The minimum atomic E-state index is -1.95. The quantitative estimate of drug-likeness (QED) is 0.0399. The summed E-state index contributed by atoms with van der Waals surface area (Å²) < 4.78 is 24.0. The molecule has 22 nitrogen and oxygen atoms in total. The molecule has 1 fully saturated rings. The SMILES string of the molecule is CO[C@H]1/C=C\O[C@@]2(C)Oc3c(C)c(O)c4c(O)c(c5c(c4c3C2=O)NC2(CCN(CC(C)C)CC2)N=5)=NC(=O)/C(C)=C\C=C/[C@H](C)[C@H](O)[C@@H](C)[C@@H](O)[C@@H](C)[C@H](OC(C)=O)[C@@H]1C.O=C(N[C@H](CO)[C@H](O)c1ccc([N+](=O)[O-])cc1)C(Cl)Cl. The van der Waals surface area contributed by atoms with Crippen molar-refractivity contribution in [2.45, 2.75) is 135 Å². The number of rotatable bonds is 10. The largest absolute Gasteiger partial charge is 0.507 e. The Morgan fingerprint density at radius 3 is 2.19 bits per heavy atom. The predicted molar refractivity (Wildman–Crippen MR) is 300 cm³/mol. The first-order valence-corrected chi connectivity index (χ1v) is 27.6. The number of aliphatic hydroxyl groups excluding tert-OH is 4. The van der Waals surface area contributed by atoms with Gasteiger partial charge in [-0.05, 0) is 43.5 Å². The zero-order valence-electron chi connectivity index (χ0n) is 47.2. The van der Waals surface area contributed by atoms with E-state index in [0.29, 0.717) is 30.0 Å². The van der Waals surface area contributed by atoms with E-state index in [1.165, 1.54) is 51.5 Å². The summed E-state index contributed by atoms with van der Waals surface area (Å²) in [5.41, 5.74) is 0.0580. The first-order valence-electron chi connectivity index (χ1n) is 26.7. The van der Waals surface area contributed by atoms with Crippen LogP contribution in [0.25, 0.3) is 10.8 Å². The third kappa shape index (κ3) is 13.8. The van der Waals surface area contributed by atoms with Crippen LogP contribution in [-0.4, -0.2) is 144 Å². The number of ketones is 1. The second-order valence-corrected chi connectivity index (χ2v) is 23.0. The van der Waals surface area contributed by atoms with Gasteiger partial charge in [0.1, 0.15) is 40.1 Å². The molecular weight excluding hydrogens is 1100 g/mol. The second-order valence-electron chi connectivity index (χ2n) is 21.9. The third-order valence-corrected chi connectivity index (χ3v) is 15.9. The highest BCUT2D eigenvalue weighted by Crippen LogP contribution is 2.51. The first kappa shape index (κ1) is 63.9. The number of non-ortho nitro benzene ring substituents is 1. The number of phenolic OH excluding ortho intramolecular Hbond substituents is 2. The standard InChI is InChI=1S/C46H62N4O11.C11H12Cl2N2O5/c1-22(2)21-50-18-16-46(17-19-50)48-34-31-32-39(54)28(8)42-33(31)43(56)45(10,61-42)59-20-15-30(58-11)25(5)41(60-29(9)51)27(7)38(53)26(6)37(52)23(3)13-12-14-24(4)44(57)47-36(40(32)55)35(34)49-46;12-10(13)11(18)14-8(5-16)9(17)6-1-3-7(4-2-6)15(19)20/h12-15,20,22-23,25-27,30,37-38,41,48,52-55H,16-19,21H2,1-11H3;1-4,8-10,16-17H,5H2,(H,14,18)/b13-12-,20-15-,24-14-,47-36?;/t23-,25+,26+,27+,30-,37-,38+,41+,45-;8-,9-/m01/s1. The van der Waals surface area contributed by atoms with Gasteiger partial charge in [0.15, 0.2) is 10.6 Å². The zero-order valence-corrected chi connectivity index (χ0v) is 48.7. The fourth-order valence-electron chi connectivity index (χ4n) is 10.7. The number of nitro groups is 1. The van der Waals surface area contributed by atoms with Gasteiger partial charge >= 0.3 is 11.8 Å². The lowest BCUT2D eigenvalue weighted by molar-refractivity contribution is -0.384. The van der Waals surface area contributed by atoms with Crippen molar-refractivity contribution in [3.63, 3.8) is 0 Å². The highest BCUT2D eigenvalue weighted by molar-refractivity contribution is 6.53. The normalized spacial score (nSPS) is 28.0. The number of ether oxygens (including phenoxy) is 4.